The molecule has 112 valence electrons. The van der Waals surface area contributed by atoms with E-state index in [2.05, 4.69) is 27.8 Å². The number of halogens is 1. The van der Waals surface area contributed by atoms with Gasteiger partial charge in [0.05, 0.1) is 11.1 Å². The molecule has 0 aromatic heterocycles. The standard InChI is InChI=1S/C16H24BrNO2/c1-3-18(13-7-5-6-8-13)11-12-9-14(17)16(19)15(10-12)20-4-2/h9-10,13,19H,3-8,11H2,1-2H3. The summed E-state index contributed by atoms with van der Waals surface area (Å²) in [6.45, 7) is 6.69. The van der Waals surface area contributed by atoms with Gasteiger partial charge in [-0.15, -0.1) is 0 Å². The van der Waals surface area contributed by atoms with Crippen molar-refractivity contribution < 1.29 is 9.84 Å². The Hall–Kier alpha value is -0.740. The quantitative estimate of drug-likeness (QED) is 0.836. The number of aromatic hydroxyl groups is 1. The number of ether oxygens (including phenoxy) is 1. The van der Waals surface area contributed by atoms with Gasteiger partial charge in [-0.2, -0.15) is 0 Å². The van der Waals surface area contributed by atoms with Crippen molar-refractivity contribution in [1.29, 1.82) is 0 Å². The smallest absolute Gasteiger partial charge is 0.172 e. The molecule has 20 heavy (non-hydrogen) atoms. The third kappa shape index (κ3) is 3.67. The summed E-state index contributed by atoms with van der Waals surface area (Å²) in [6, 6.07) is 4.67. The average molecular weight is 342 g/mol. The molecule has 0 amide bonds. The van der Waals surface area contributed by atoms with E-state index < -0.39 is 0 Å². The van der Waals surface area contributed by atoms with Gasteiger partial charge in [0.15, 0.2) is 11.5 Å². The van der Waals surface area contributed by atoms with E-state index in [4.69, 9.17) is 4.74 Å². The summed E-state index contributed by atoms with van der Waals surface area (Å²) in [5.74, 6) is 0.763. The molecule has 1 aromatic carbocycles. The molecular weight excluding hydrogens is 318 g/mol. The molecule has 3 nitrogen and oxygen atoms in total. The second-order valence-corrected chi connectivity index (χ2v) is 6.21. The lowest BCUT2D eigenvalue weighted by atomic mass is 10.1. The van der Waals surface area contributed by atoms with E-state index in [9.17, 15) is 5.11 Å². The molecule has 0 heterocycles. The van der Waals surface area contributed by atoms with Crippen LogP contribution in [0.25, 0.3) is 0 Å². The van der Waals surface area contributed by atoms with Gasteiger partial charge in [0.2, 0.25) is 0 Å². The second-order valence-electron chi connectivity index (χ2n) is 5.36. The van der Waals surface area contributed by atoms with Gasteiger partial charge in [-0.1, -0.05) is 19.8 Å². The van der Waals surface area contributed by atoms with Crippen molar-refractivity contribution in [1.82, 2.24) is 4.90 Å². The van der Waals surface area contributed by atoms with Crippen molar-refractivity contribution in [2.45, 2.75) is 52.1 Å². The van der Waals surface area contributed by atoms with E-state index in [1.165, 1.54) is 31.2 Å². The molecule has 1 fully saturated rings. The molecular formula is C16H24BrNO2. The highest BCUT2D eigenvalue weighted by atomic mass is 79.9. The number of benzene rings is 1. The fraction of sp³-hybridized carbons (Fsp3) is 0.625. The zero-order chi connectivity index (χ0) is 14.5. The van der Waals surface area contributed by atoms with E-state index in [1.807, 2.05) is 19.1 Å². The first-order valence-corrected chi connectivity index (χ1v) is 8.33. The van der Waals surface area contributed by atoms with Crippen molar-refractivity contribution in [3.05, 3.63) is 22.2 Å². The summed E-state index contributed by atoms with van der Waals surface area (Å²) in [5, 5.41) is 9.97. The van der Waals surface area contributed by atoms with Gasteiger partial charge in [-0.3, -0.25) is 4.90 Å². The molecule has 1 N–H and O–H groups in total. The minimum Gasteiger partial charge on any atom is -0.503 e. The van der Waals surface area contributed by atoms with Crippen LogP contribution in [-0.2, 0) is 6.54 Å². The summed E-state index contributed by atoms with van der Waals surface area (Å²) in [6.07, 6.45) is 5.33. The Morgan fingerprint density at radius 2 is 2.00 bits per heavy atom. The van der Waals surface area contributed by atoms with E-state index in [1.54, 1.807) is 0 Å². The van der Waals surface area contributed by atoms with Crippen LogP contribution < -0.4 is 4.74 Å². The number of phenols is 1. The average Bonchev–Trinajstić information content (AvgIpc) is 2.95. The lowest BCUT2D eigenvalue weighted by molar-refractivity contribution is 0.200. The summed E-state index contributed by atoms with van der Waals surface area (Å²) < 4.78 is 6.21. The molecule has 0 saturated heterocycles. The minimum atomic E-state index is 0.194. The molecule has 0 spiro atoms. The Morgan fingerprint density at radius 1 is 1.30 bits per heavy atom. The number of rotatable bonds is 6. The molecule has 1 aliphatic carbocycles. The van der Waals surface area contributed by atoms with Crippen LogP contribution in [0.5, 0.6) is 11.5 Å². The maximum atomic E-state index is 9.97. The van der Waals surface area contributed by atoms with E-state index in [0.29, 0.717) is 22.9 Å². The monoisotopic (exact) mass is 341 g/mol. The lowest BCUT2D eigenvalue weighted by Gasteiger charge is -2.27. The van der Waals surface area contributed by atoms with E-state index in [-0.39, 0.29) is 5.75 Å². The van der Waals surface area contributed by atoms with Gasteiger partial charge in [0, 0.05) is 12.6 Å². The molecule has 4 heteroatoms. The minimum absolute atomic E-state index is 0.194. The van der Waals surface area contributed by atoms with Gasteiger partial charge in [-0.25, -0.2) is 0 Å². The van der Waals surface area contributed by atoms with Crippen LogP contribution in [0, 0.1) is 0 Å². The molecule has 0 bridgehead atoms. The van der Waals surface area contributed by atoms with Gasteiger partial charge in [-0.05, 0) is 59.9 Å². The summed E-state index contributed by atoms with van der Waals surface area (Å²) in [7, 11) is 0. The van der Waals surface area contributed by atoms with Gasteiger partial charge >= 0.3 is 0 Å². The van der Waals surface area contributed by atoms with E-state index >= 15 is 0 Å². The van der Waals surface area contributed by atoms with Crippen LogP contribution >= 0.6 is 15.9 Å². The third-order valence-corrected chi connectivity index (χ3v) is 4.63. The predicted molar refractivity (Wildman–Crippen MR) is 85.3 cm³/mol. The van der Waals surface area contributed by atoms with Crippen molar-refractivity contribution >= 4 is 15.9 Å². The normalized spacial score (nSPS) is 16.0. The van der Waals surface area contributed by atoms with Gasteiger partial charge in [0.1, 0.15) is 0 Å². The highest BCUT2D eigenvalue weighted by molar-refractivity contribution is 9.10. The first-order chi connectivity index (χ1) is 9.65. The van der Waals surface area contributed by atoms with Gasteiger partial charge in [0.25, 0.3) is 0 Å². The molecule has 0 radical (unpaired) electrons. The zero-order valence-corrected chi connectivity index (χ0v) is 13.9. The van der Waals surface area contributed by atoms with Crippen LogP contribution in [0.3, 0.4) is 0 Å². The molecule has 1 saturated carbocycles. The van der Waals surface area contributed by atoms with Crippen LogP contribution in [0.15, 0.2) is 16.6 Å². The number of nitrogens with zero attached hydrogens (tertiary/aromatic N) is 1. The molecule has 0 atom stereocenters. The summed E-state index contributed by atoms with van der Waals surface area (Å²) in [5.41, 5.74) is 1.19. The molecule has 0 unspecified atom stereocenters. The van der Waals surface area contributed by atoms with Crippen molar-refractivity contribution in [3.8, 4) is 11.5 Å². The Kier molecular flexibility index (Phi) is 5.73. The number of hydrogen-bond donors (Lipinski definition) is 1. The Bertz CT molecular complexity index is 444. The SMILES string of the molecule is CCOc1cc(CN(CC)C2CCCC2)cc(Br)c1O. The molecule has 1 aromatic rings. The van der Waals surface area contributed by atoms with Crippen LogP contribution in [0.2, 0.25) is 0 Å². The topological polar surface area (TPSA) is 32.7 Å². The maximum Gasteiger partial charge on any atom is 0.172 e. The Morgan fingerprint density at radius 3 is 2.60 bits per heavy atom. The fourth-order valence-electron chi connectivity index (χ4n) is 2.99. The van der Waals surface area contributed by atoms with Crippen LogP contribution in [-0.4, -0.2) is 29.2 Å². The van der Waals surface area contributed by atoms with Crippen molar-refractivity contribution in [2.75, 3.05) is 13.2 Å². The summed E-state index contributed by atoms with van der Waals surface area (Å²) >= 11 is 3.41. The molecule has 1 aliphatic rings. The first-order valence-electron chi connectivity index (χ1n) is 7.54. The van der Waals surface area contributed by atoms with Gasteiger partial charge < -0.3 is 9.84 Å². The highest BCUT2D eigenvalue weighted by Gasteiger charge is 2.22. The maximum absolute atomic E-state index is 9.97. The number of phenolic OH excluding ortho intramolecular Hbond substituents is 1. The summed E-state index contributed by atoms with van der Waals surface area (Å²) in [4.78, 5) is 2.53. The fourth-order valence-corrected chi connectivity index (χ4v) is 3.48. The molecule has 2 rings (SSSR count). The number of hydrogen-bond acceptors (Lipinski definition) is 3. The molecule has 0 aliphatic heterocycles. The predicted octanol–water partition coefficient (Wildman–Crippen LogP) is 4.32. The van der Waals surface area contributed by atoms with Crippen molar-refractivity contribution in [2.24, 2.45) is 0 Å². The Labute approximate surface area is 130 Å². The van der Waals surface area contributed by atoms with E-state index in [0.717, 1.165) is 13.1 Å². The lowest BCUT2D eigenvalue weighted by Crippen LogP contribution is -2.32. The van der Waals surface area contributed by atoms with Crippen LogP contribution in [0.1, 0.15) is 45.1 Å². The zero-order valence-electron chi connectivity index (χ0n) is 12.4. The second kappa shape index (κ2) is 7.32. The van der Waals surface area contributed by atoms with Crippen LogP contribution in [0.4, 0.5) is 0 Å². The highest BCUT2D eigenvalue weighted by Crippen LogP contribution is 2.36. The first kappa shape index (κ1) is 15.6. The van der Waals surface area contributed by atoms with Crippen molar-refractivity contribution in [3.63, 3.8) is 0 Å². The largest absolute Gasteiger partial charge is 0.503 e. The Balaban J connectivity index is 2.14. The third-order valence-electron chi connectivity index (χ3n) is 4.02.